The number of hydrogen-bond acceptors (Lipinski definition) is 4. The summed E-state index contributed by atoms with van der Waals surface area (Å²) in [6.07, 6.45) is 0. The first-order valence-corrected chi connectivity index (χ1v) is 5.72. The maximum atomic E-state index is 11.7. The molecule has 0 unspecified atom stereocenters. The van der Waals surface area contributed by atoms with Crippen molar-refractivity contribution in [3.63, 3.8) is 0 Å². The average Bonchev–Trinajstić information content (AvgIpc) is 2.86. The molecule has 2 rings (SSSR count). The van der Waals surface area contributed by atoms with Gasteiger partial charge in [-0.3, -0.25) is 0 Å². The van der Waals surface area contributed by atoms with Crippen molar-refractivity contribution in [2.24, 2.45) is 0 Å². The topological polar surface area (TPSA) is 94.8 Å². The van der Waals surface area contributed by atoms with Gasteiger partial charge in [0, 0.05) is 26.2 Å². The third kappa shape index (κ3) is 3.01. The zero-order valence-corrected chi connectivity index (χ0v) is 9.81. The highest BCUT2D eigenvalue weighted by atomic mass is 16.4. The number of piperazine rings is 1. The van der Waals surface area contributed by atoms with Crippen LogP contribution in [0.15, 0.2) is 16.5 Å². The number of carboxylic acid groups (broad SMARTS) is 1. The van der Waals surface area contributed by atoms with E-state index in [0.717, 1.165) is 13.1 Å². The quantitative estimate of drug-likeness (QED) is 0.709. The SMILES string of the molecule is O=C(O)c1ccc(CNC(=O)N2CCNCC2)o1. The van der Waals surface area contributed by atoms with Crippen molar-refractivity contribution in [3.05, 3.63) is 23.7 Å². The highest BCUT2D eigenvalue weighted by molar-refractivity contribution is 5.84. The van der Waals surface area contributed by atoms with Gasteiger partial charge in [-0.15, -0.1) is 0 Å². The Morgan fingerprint density at radius 2 is 2.11 bits per heavy atom. The molecule has 0 aliphatic carbocycles. The minimum Gasteiger partial charge on any atom is -0.475 e. The predicted molar refractivity (Wildman–Crippen MR) is 62.3 cm³/mol. The number of carbonyl (C=O) groups is 2. The average molecular weight is 253 g/mol. The van der Waals surface area contributed by atoms with Crippen molar-refractivity contribution >= 4 is 12.0 Å². The molecule has 98 valence electrons. The van der Waals surface area contributed by atoms with Gasteiger partial charge in [0.25, 0.3) is 0 Å². The van der Waals surface area contributed by atoms with Gasteiger partial charge in [0.15, 0.2) is 0 Å². The van der Waals surface area contributed by atoms with E-state index < -0.39 is 5.97 Å². The molecule has 0 saturated carbocycles. The van der Waals surface area contributed by atoms with Crippen LogP contribution in [-0.2, 0) is 6.54 Å². The van der Waals surface area contributed by atoms with E-state index in [1.54, 1.807) is 11.0 Å². The van der Waals surface area contributed by atoms with Crippen molar-refractivity contribution in [1.82, 2.24) is 15.5 Å². The fourth-order valence-corrected chi connectivity index (χ4v) is 1.73. The third-order valence-electron chi connectivity index (χ3n) is 2.69. The third-order valence-corrected chi connectivity index (χ3v) is 2.69. The first kappa shape index (κ1) is 12.4. The summed E-state index contributed by atoms with van der Waals surface area (Å²) < 4.78 is 5.04. The monoisotopic (exact) mass is 253 g/mol. The summed E-state index contributed by atoms with van der Waals surface area (Å²) in [5, 5.41) is 14.5. The van der Waals surface area contributed by atoms with Crippen LogP contribution in [0.1, 0.15) is 16.3 Å². The van der Waals surface area contributed by atoms with Crippen molar-refractivity contribution in [1.29, 1.82) is 0 Å². The first-order valence-electron chi connectivity index (χ1n) is 5.72. The number of nitrogens with one attached hydrogen (secondary N) is 2. The molecule has 1 aliphatic heterocycles. The Hall–Kier alpha value is -2.02. The molecule has 1 aromatic rings. The summed E-state index contributed by atoms with van der Waals surface area (Å²) in [5.41, 5.74) is 0. The van der Waals surface area contributed by atoms with E-state index in [1.807, 2.05) is 0 Å². The van der Waals surface area contributed by atoms with Crippen LogP contribution in [0.4, 0.5) is 4.79 Å². The Kier molecular flexibility index (Phi) is 3.83. The molecule has 1 aliphatic rings. The maximum absolute atomic E-state index is 11.7. The Labute approximate surface area is 104 Å². The number of nitrogens with zero attached hydrogens (tertiary/aromatic N) is 1. The van der Waals surface area contributed by atoms with Gasteiger partial charge in [-0.05, 0) is 12.1 Å². The largest absolute Gasteiger partial charge is 0.475 e. The lowest BCUT2D eigenvalue weighted by atomic mass is 10.4. The lowest BCUT2D eigenvalue weighted by Crippen LogP contribution is -2.50. The Morgan fingerprint density at radius 3 is 2.72 bits per heavy atom. The van der Waals surface area contributed by atoms with E-state index in [2.05, 4.69) is 10.6 Å². The standard InChI is InChI=1S/C11H15N3O4/c15-10(16)9-2-1-8(18-9)7-13-11(17)14-5-3-12-4-6-14/h1-2,12H,3-7H2,(H,13,17)(H,15,16). The Morgan fingerprint density at radius 1 is 1.39 bits per heavy atom. The summed E-state index contributed by atoms with van der Waals surface area (Å²) in [6, 6.07) is 2.75. The second-order valence-electron chi connectivity index (χ2n) is 3.97. The summed E-state index contributed by atoms with van der Waals surface area (Å²) in [5.74, 6) is -0.813. The number of furan rings is 1. The van der Waals surface area contributed by atoms with Gasteiger partial charge < -0.3 is 25.1 Å². The molecule has 0 radical (unpaired) electrons. The minimum absolute atomic E-state index is 0.124. The summed E-state index contributed by atoms with van der Waals surface area (Å²) in [4.78, 5) is 24.1. The second kappa shape index (κ2) is 5.54. The van der Waals surface area contributed by atoms with E-state index in [9.17, 15) is 9.59 Å². The maximum Gasteiger partial charge on any atom is 0.371 e. The smallest absolute Gasteiger partial charge is 0.371 e. The summed E-state index contributed by atoms with van der Waals surface area (Å²) >= 11 is 0. The molecule has 18 heavy (non-hydrogen) atoms. The van der Waals surface area contributed by atoms with Crippen molar-refractivity contribution in [3.8, 4) is 0 Å². The Balaban J connectivity index is 1.82. The number of aromatic carboxylic acids is 1. The number of amides is 2. The van der Waals surface area contributed by atoms with Crippen LogP contribution >= 0.6 is 0 Å². The number of urea groups is 1. The number of rotatable bonds is 3. The van der Waals surface area contributed by atoms with E-state index in [1.165, 1.54) is 6.07 Å². The highest BCUT2D eigenvalue weighted by Crippen LogP contribution is 2.07. The van der Waals surface area contributed by atoms with Crippen molar-refractivity contribution < 1.29 is 19.1 Å². The van der Waals surface area contributed by atoms with Crippen LogP contribution in [-0.4, -0.2) is 48.2 Å². The highest BCUT2D eigenvalue weighted by Gasteiger charge is 2.16. The summed E-state index contributed by atoms with van der Waals surface area (Å²) in [7, 11) is 0. The normalized spacial score (nSPS) is 15.4. The molecular formula is C11H15N3O4. The van der Waals surface area contributed by atoms with Gasteiger partial charge in [0.2, 0.25) is 5.76 Å². The molecule has 3 N–H and O–H groups in total. The van der Waals surface area contributed by atoms with Gasteiger partial charge in [-0.25, -0.2) is 9.59 Å². The molecule has 0 bridgehead atoms. The van der Waals surface area contributed by atoms with E-state index >= 15 is 0 Å². The van der Waals surface area contributed by atoms with E-state index in [-0.39, 0.29) is 18.3 Å². The van der Waals surface area contributed by atoms with Crippen LogP contribution in [0.25, 0.3) is 0 Å². The van der Waals surface area contributed by atoms with Gasteiger partial charge >= 0.3 is 12.0 Å². The van der Waals surface area contributed by atoms with E-state index in [0.29, 0.717) is 18.8 Å². The van der Waals surface area contributed by atoms with Gasteiger partial charge in [-0.1, -0.05) is 0 Å². The lowest BCUT2D eigenvalue weighted by molar-refractivity contribution is 0.0660. The number of hydrogen-bond donors (Lipinski definition) is 3. The van der Waals surface area contributed by atoms with Gasteiger partial charge in [0.05, 0.1) is 6.54 Å². The molecule has 1 fully saturated rings. The number of carbonyl (C=O) groups excluding carboxylic acids is 1. The Bertz CT molecular complexity index is 437. The second-order valence-corrected chi connectivity index (χ2v) is 3.97. The minimum atomic E-state index is -1.12. The lowest BCUT2D eigenvalue weighted by Gasteiger charge is -2.27. The van der Waals surface area contributed by atoms with Crippen molar-refractivity contribution in [2.45, 2.75) is 6.54 Å². The molecule has 2 amide bonds. The van der Waals surface area contributed by atoms with Crippen LogP contribution < -0.4 is 10.6 Å². The van der Waals surface area contributed by atoms with Crippen LogP contribution in [0, 0.1) is 0 Å². The predicted octanol–water partition coefficient (Wildman–Crippen LogP) is 0.0926. The van der Waals surface area contributed by atoms with Gasteiger partial charge in [-0.2, -0.15) is 0 Å². The molecule has 2 heterocycles. The van der Waals surface area contributed by atoms with E-state index in [4.69, 9.17) is 9.52 Å². The first-order chi connectivity index (χ1) is 8.66. The molecule has 0 atom stereocenters. The summed E-state index contributed by atoms with van der Waals surface area (Å²) in [6.45, 7) is 3.11. The number of carboxylic acids is 1. The molecule has 7 heteroatoms. The molecule has 0 spiro atoms. The fourth-order valence-electron chi connectivity index (χ4n) is 1.73. The zero-order valence-electron chi connectivity index (χ0n) is 9.81. The molecule has 1 saturated heterocycles. The van der Waals surface area contributed by atoms with Crippen molar-refractivity contribution in [2.75, 3.05) is 26.2 Å². The molecule has 7 nitrogen and oxygen atoms in total. The zero-order chi connectivity index (χ0) is 13.0. The molecular weight excluding hydrogens is 238 g/mol. The molecule has 0 aromatic carbocycles. The van der Waals surface area contributed by atoms with Gasteiger partial charge in [0.1, 0.15) is 5.76 Å². The fraction of sp³-hybridized carbons (Fsp3) is 0.455. The van der Waals surface area contributed by atoms with Crippen LogP contribution in [0.2, 0.25) is 0 Å². The molecule has 1 aromatic heterocycles. The van der Waals surface area contributed by atoms with Crippen LogP contribution in [0.3, 0.4) is 0 Å². The van der Waals surface area contributed by atoms with Crippen LogP contribution in [0.5, 0.6) is 0 Å².